The van der Waals surface area contributed by atoms with Crippen LogP contribution in [0.3, 0.4) is 0 Å². The van der Waals surface area contributed by atoms with Gasteiger partial charge in [-0.1, -0.05) is 24.3 Å². The van der Waals surface area contributed by atoms with Gasteiger partial charge in [0.15, 0.2) is 6.10 Å². The van der Waals surface area contributed by atoms with Gasteiger partial charge in [0.1, 0.15) is 0 Å². The Balaban J connectivity index is 2.24. The molecule has 1 aromatic rings. The molecule has 0 amide bonds. The van der Waals surface area contributed by atoms with Gasteiger partial charge in [-0.2, -0.15) is 0 Å². The Labute approximate surface area is 70.2 Å². The normalized spacial score (nSPS) is 23.0. The number of fused-ring (bicyclic) bond motifs is 2. The maximum absolute atomic E-state index is 5.18. The van der Waals surface area contributed by atoms with Crippen LogP contribution in [0, 0.1) is 0 Å². The Hall–Kier alpha value is -1.57. The quantitative estimate of drug-likeness (QED) is 0.529. The van der Waals surface area contributed by atoms with Crippen molar-refractivity contribution in [2.24, 2.45) is 4.99 Å². The second kappa shape index (κ2) is 1.97. The second-order valence-electron chi connectivity index (χ2n) is 2.91. The van der Waals surface area contributed by atoms with E-state index < -0.39 is 0 Å². The van der Waals surface area contributed by atoms with E-state index in [1.807, 2.05) is 24.3 Å². The number of rotatable bonds is 0. The summed E-state index contributed by atoms with van der Waals surface area (Å²) in [5.74, 6) is 0.844. The van der Waals surface area contributed by atoms with E-state index >= 15 is 0 Å². The monoisotopic (exact) mass is 157 g/mol. The number of benzene rings is 1. The van der Waals surface area contributed by atoms with E-state index in [0.29, 0.717) is 0 Å². The molecule has 1 atom stereocenters. The standard InChI is InChI=1S/C10H7NO/c1-2-4-8-7(3-1)5-6-9-10(11-8)12-9/h1-6,9H. The highest BCUT2D eigenvalue weighted by molar-refractivity contribution is 5.99. The summed E-state index contributed by atoms with van der Waals surface area (Å²) >= 11 is 0. The van der Waals surface area contributed by atoms with Crippen molar-refractivity contribution in [3.05, 3.63) is 35.9 Å². The van der Waals surface area contributed by atoms with Crippen molar-refractivity contribution in [2.45, 2.75) is 6.10 Å². The van der Waals surface area contributed by atoms with Gasteiger partial charge in [-0.15, -0.1) is 0 Å². The Kier molecular flexibility index (Phi) is 0.987. The lowest BCUT2D eigenvalue weighted by Gasteiger charge is -1.96. The fourth-order valence-corrected chi connectivity index (χ4v) is 1.35. The number of hydrogen-bond donors (Lipinski definition) is 0. The smallest absolute Gasteiger partial charge is 0.236 e. The van der Waals surface area contributed by atoms with Gasteiger partial charge in [0.25, 0.3) is 0 Å². The third-order valence-corrected chi connectivity index (χ3v) is 2.05. The summed E-state index contributed by atoms with van der Waals surface area (Å²) in [6, 6.07) is 8.05. The van der Waals surface area contributed by atoms with E-state index in [0.717, 1.165) is 11.6 Å². The van der Waals surface area contributed by atoms with Crippen LogP contribution in [0.4, 0.5) is 5.69 Å². The van der Waals surface area contributed by atoms with Gasteiger partial charge in [0.2, 0.25) is 5.90 Å². The van der Waals surface area contributed by atoms with Crippen LogP contribution in [0.1, 0.15) is 5.56 Å². The number of hydrogen-bond acceptors (Lipinski definition) is 2. The molecule has 0 radical (unpaired) electrons. The van der Waals surface area contributed by atoms with Crippen molar-refractivity contribution in [3.8, 4) is 0 Å². The molecule has 0 aliphatic carbocycles. The molecule has 1 fully saturated rings. The molecule has 1 aromatic carbocycles. The van der Waals surface area contributed by atoms with E-state index in [2.05, 4.69) is 17.1 Å². The average Bonchev–Trinajstić information content (AvgIpc) is 2.80. The van der Waals surface area contributed by atoms with Gasteiger partial charge >= 0.3 is 0 Å². The highest BCUT2D eigenvalue weighted by Gasteiger charge is 2.33. The fourth-order valence-electron chi connectivity index (χ4n) is 1.35. The topological polar surface area (TPSA) is 24.9 Å². The largest absolute Gasteiger partial charge is 0.460 e. The molecule has 2 aliphatic heterocycles. The molecule has 2 heterocycles. The Morgan fingerprint density at radius 3 is 3.17 bits per heavy atom. The third-order valence-electron chi connectivity index (χ3n) is 2.05. The highest BCUT2D eigenvalue weighted by Crippen LogP contribution is 2.30. The minimum atomic E-state index is 0.150. The van der Waals surface area contributed by atoms with Crippen LogP contribution < -0.4 is 0 Å². The lowest BCUT2D eigenvalue weighted by molar-refractivity contribution is 0.495. The van der Waals surface area contributed by atoms with Crippen LogP contribution >= 0.6 is 0 Å². The molecule has 2 aliphatic rings. The van der Waals surface area contributed by atoms with Crippen LogP contribution in [-0.2, 0) is 4.74 Å². The number of epoxide rings is 1. The van der Waals surface area contributed by atoms with E-state index in [1.165, 1.54) is 5.56 Å². The lowest BCUT2D eigenvalue weighted by Crippen LogP contribution is -1.74. The maximum Gasteiger partial charge on any atom is 0.236 e. The molecule has 12 heavy (non-hydrogen) atoms. The van der Waals surface area contributed by atoms with Gasteiger partial charge in [-0.05, 0) is 12.1 Å². The summed E-state index contributed by atoms with van der Waals surface area (Å²) in [4.78, 5) is 4.35. The number of aliphatic imine (C=N–C) groups is 1. The van der Waals surface area contributed by atoms with Crippen molar-refractivity contribution in [3.63, 3.8) is 0 Å². The SMILES string of the molecule is C1=CC2OC2=Nc2ccccc21. The molecular weight excluding hydrogens is 150 g/mol. The lowest BCUT2D eigenvalue weighted by atomic mass is 10.2. The Morgan fingerprint density at radius 2 is 2.17 bits per heavy atom. The molecule has 0 N–H and O–H groups in total. The van der Waals surface area contributed by atoms with Gasteiger partial charge < -0.3 is 4.74 Å². The molecule has 58 valence electrons. The van der Waals surface area contributed by atoms with Gasteiger partial charge in [-0.25, -0.2) is 4.99 Å². The van der Waals surface area contributed by atoms with Crippen molar-refractivity contribution in [2.75, 3.05) is 0 Å². The van der Waals surface area contributed by atoms with Crippen LogP contribution in [0.25, 0.3) is 6.08 Å². The zero-order chi connectivity index (χ0) is 7.97. The van der Waals surface area contributed by atoms with Crippen molar-refractivity contribution < 1.29 is 4.74 Å². The summed E-state index contributed by atoms with van der Waals surface area (Å²) < 4.78 is 5.18. The maximum atomic E-state index is 5.18. The molecule has 1 unspecified atom stereocenters. The molecular formula is C10H7NO. The van der Waals surface area contributed by atoms with Crippen molar-refractivity contribution >= 4 is 17.7 Å². The predicted octanol–water partition coefficient (Wildman–Crippen LogP) is 2.14. The molecule has 3 rings (SSSR count). The van der Waals surface area contributed by atoms with Crippen molar-refractivity contribution in [1.82, 2.24) is 0 Å². The van der Waals surface area contributed by atoms with Crippen LogP contribution in [0.5, 0.6) is 0 Å². The first-order valence-electron chi connectivity index (χ1n) is 3.96. The minimum absolute atomic E-state index is 0.150. The zero-order valence-electron chi connectivity index (χ0n) is 6.40. The first-order chi connectivity index (χ1) is 5.93. The molecule has 0 saturated carbocycles. The van der Waals surface area contributed by atoms with E-state index in [1.54, 1.807) is 0 Å². The fraction of sp³-hybridized carbons (Fsp3) is 0.100. The van der Waals surface area contributed by atoms with Gasteiger partial charge in [0, 0.05) is 5.56 Å². The summed E-state index contributed by atoms with van der Waals surface area (Å²) in [5, 5.41) is 0. The first-order valence-corrected chi connectivity index (χ1v) is 3.96. The van der Waals surface area contributed by atoms with Gasteiger partial charge in [-0.3, -0.25) is 0 Å². The van der Waals surface area contributed by atoms with Gasteiger partial charge in [0.05, 0.1) is 5.69 Å². The summed E-state index contributed by atoms with van der Waals surface area (Å²) in [6.07, 6.45) is 4.24. The second-order valence-corrected chi connectivity index (χ2v) is 2.91. The van der Waals surface area contributed by atoms with E-state index in [4.69, 9.17) is 4.74 Å². The Bertz CT molecular complexity index is 393. The average molecular weight is 157 g/mol. The summed E-state index contributed by atoms with van der Waals surface area (Å²) in [7, 11) is 0. The van der Waals surface area contributed by atoms with Crippen LogP contribution in [0.2, 0.25) is 0 Å². The molecule has 2 nitrogen and oxygen atoms in total. The van der Waals surface area contributed by atoms with E-state index in [9.17, 15) is 0 Å². The zero-order valence-corrected chi connectivity index (χ0v) is 6.40. The number of nitrogens with zero attached hydrogens (tertiary/aromatic N) is 1. The molecule has 0 spiro atoms. The molecule has 1 saturated heterocycles. The molecule has 0 bridgehead atoms. The third kappa shape index (κ3) is 0.780. The minimum Gasteiger partial charge on any atom is -0.460 e. The predicted molar refractivity (Wildman–Crippen MR) is 47.4 cm³/mol. The summed E-state index contributed by atoms with van der Waals surface area (Å²) in [6.45, 7) is 0. The molecule has 2 heteroatoms. The highest BCUT2D eigenvalue weighted by atomic mass is 16.6. The molecule has 0 aromatic heterocycles. The van der Waals surface area contributed by atoms with Crippen LogP contribution in [-0.4, -0.2) is 12.0 Å². The number of ether oxygens (including phenoxy) is 1. The first kappa shape index (κ1) is 6.00. The Morgan fingerprint density at radius 1 is 1.25 bits per heavy atom. The summed E-state index contributed by atoms with van der Waals surface area (Å²) in [5.41, 5.74) is 2.17. The van der Waals surface area contributed by atoms with Crippen LogP contribution in [0.15, 0.2) is 35.3 Å². The van der Waals surface area contributed by atoms with Crippen molar-refractivity contribution in [1.29, 1.82) is 0 Å². The van der Waals surface area contributed by atoms with E-state index in [-0.39, 0.29) is 6.10 Å². The number of para-hydroxylation sites is 1.